The Morgan fingerprint density at radius 2 is 1.82 bits per heavy atom. The lowest BCUT2D eigenvalue weighted by Gasteiger charge is -2.46. The lowest BCUT2D eigenvalue weighted by Crippen LogP contribution is -2.58. The second-order valence-corrected chi connectivity index (χ2v) is 12.0. The molecule has 2 fully saturated rings. The van der Waals surface area contributed by atoms with E-state index >= 15 is 0 Å². The highest BCUT2D eigenvalue weighted by Gasteiger charge is 2.60. The van der Waals surface area contributed by atoms with Crippen LogP contribution in [0.5, 0.6) is 5.75 Å². The fourth-order valence-corrected chi connectivity index (χ4v) is 7.44. The van der Waals surface area contributed by atoms with Gasteiger partial charge in [0.15, 0.2) is 11.4 Å². The topological polar surface area (TPSA) is 173 Å². The van der Waals surface area contributed by atoms with E-state index in [4.69, 9.17) is 5.73 Å². The molecule has 0 heterocycles. The second kappa shape index (κ2) is 10.6. The summed E-state index contributed by atoms with van der Waals surface area (Å²) in [6.45, 7) is 1.38. The second-order valence-electron chi connectivity index (χ2n) is 12.0. The van der Waals surface area contributed by atoms with Crippen molar-refractivity contribution < 1.29 is 34.8 Å². The number of rotatable bonds is 7. The van der Waals surface area contributed by atoms with Crippen LogP contribution in [0.15, 0.2) is 23.0 Å². The summed E-state index contributed by atoms with van der Waals surface area (Å²) in [5.74, 6) is -5.47. The van der Waals surface area contributed by atoms with Crippen molar-refractivity contribution in [2.24, 2.45) is 23.5 Å². The number of carbonyl (C=O) groups is 3. The molecule has 7 N–H and O–H groups in total. The number of aliphatic hydroxyl groups excluding tert-OH is 2. The molecule has 0 spiro atoms. The summed E-state index contributed by atoms with van der Waals surface area (Å²) in [6, 6.07) is 1.59. The Balaban J connectivity index is 1.49. The van der Waals surface area contributed by atoms with Gasteiger partial charge in [0, 0.05) is 44.2 Å². The number of nitrogens with zero attached hydrogens (tertiary/aromatic N) is 1. The number of benzene rings is 1. The normalized spacial score (nSPS) is 26.9. The maximum absolute atomic E-state index is 13.7. The van der Waals surface area contributed by atoms with Crippen LogP contribution in [0.4, 0.5) is 5.69 Å². The van der Waals surface area contributed by atoms with Gasteiger partial charge in [-0.15, -0.1) is 0 Å². The van der Waals surface area contributed by atoms with Crippen LogP contribution in [-0.4, -0.2) is 64.1 Å². The molecule has 3 atom stereocenters. The largest absolute Gasteiger partial charge is 0.508 e. The smallest absolute Gasteiger partial charge is 0.255 e. The summed E-state index contributed by atoms with van der Waals surface area (Å²) in [5, 5.41) is 48.1. The van der Waals surface area contributed by atoms with Gasteiger partial charge in [-0.1, -0.05) is 32.1 Å². The number of amides is 1. The highest BCUT2D eigenvalue weighted by atomic mass is 16.3. The molecule has 1 unspecified atom stereocenters. The van der Waals surface area contributed by atoms with Gasteiger partial charge in [-0.2, -0.15) is 0 Å². The monoisotopic (exact) mass is 553 g/mol. The molecule has 10 nitrogen and oxygen atoms in total. The number of primary amides is 1. The lowest BCUT2D eigenvalue weighted by molar-refractivity contribution is -0.147. The predicted molar refractivity (Wildman–Crippen MR) is 149 cm³/mol. The minimum atomic E-state index is -2.56. The van der Waals surface area contributed by atoms with Gasteiger partial charge in [-0.3, -0.25) is 14.4 Å². The van der Waals surface area contributed by atoms with Crippen molar-refractivity contribution in [3.63, 3.8) is 0 Å². The average Bonchev–Trinajstić information content (AvgIpc) is 2.88. The van der Waals surface area contributed by atoms with E-state index < -0.39 is 52.0 Å². The first-order valence-electron chi connectivity index (χ1n) is 14.2. The number of hydrogen-bond acceptors (Lipinski definition) is 9. The fraction of sp³-hybridized carbons (Fsp3) is 0.567. The number of anilines is 1. The molecule has 1 amide bonds. The summed E-state index contributed by atoms with van der Waals surface area (Å²) in [4.78, 5) is 40.0. The van der Waals surface area contributed by atoms with Crippen LogP contribution in [0.1, 0.15) is 68.1 Å². The molecule has 4 aliphatic carbocycles. The highest BCUT2D eigenvalue weighted by Crippen LogP contribution is 2.53. The molecule has 40 heavy (non-hydrogen) atoms. The van der Waals surface area contributed by atoms with Gasteiger partial charge in [-0.25, -0.2) is 0 Å². The van der Waals surface area contributed by atoms with E-state index in [2.05, 4.69) is 5.32 Å². The number of phenols is 1. The zero-order valence-electron chi connectivity index (χ0n) is 23.1. The first-order valence-corrected chi connectivity index (χ1v) is 14.2. The zero-order valence-corrected chi connectivity index (χ0v) is 23.1. The van der Waals surface area contributed by atoms with E-state index in [1.807, 2.05) is 19.0 Å². The molecule has 0 saturated heterocycles. The van der Waals surface area contributed by atoms with Crippen molar-refractivity contribution in [3.8, 4) is 5.75 Å². The van der Waals surface area contributed by atoms with Gasteiger partial charge >= 0.3 is 0 Å². The number of aromatic hydroxyl groups is 1. The molecule has 0 radical (unpaired) electrons. The molecule has 10 heteroatoms. The van der Waals surface area contributed by atoms with Gasteiger partial charge in [0.05, 0.1) is 5.56 Å². The van der Waals surface area contributed by atoms with E-state index in [0.717, 1.165) is 30.1 Å². The number of fused-ring (bicyclic) bond motifs is 3. The summed E-state index contributed by atoms with van der Waals surface area (Å²) in [7, 11) is 3.76. The fourth-order valence-electron chi connectivity index (χ4n) is 7.44. The summed E-state index contributed by atoms with van der Waals surface area (Å²) in [5.41, 5.74) is 4.25. The third kappa shape index (κ3) is 4.47. The molecule has 4 aliphatic rings. The maximum atomic E-state index is 13.7. The SMILES string of the molecule is CN(C)c1c(CNCCC2CCCCC2)cc(O)c2c1CC1C[C@H]3CC(=O)C(C(N)=O)=C(O)[C@@]3(O)C(=O)C1=C2O. The Hall–Kier alpha value is -3.37. The first kappa shape index (κ1) is 28.2. The number of Topliss-reactive ketones (excluding diaryl/α,β-unsaturated/α-hetero) is 2. The van der Waals surface area contributed by atoms with Crippen LogP contribution in [0, 0.1) is 17.8 Å². The number of nitrogens with one attached hydrogen (secondary N) is 1. The zero-order chi connectivity index (χ0) is 28.9. The van der Waals surface area contributed by atoms with E-state index in [-0.39, 0.29) is 36.1 Å². The third-order valence-corrected chi connectivity index (χ3v) is 9.33. The number of nitrogens with two attached hydrogens (primary N) is 1. The van der Waals surface area contributed by atoms with E-state index in [9.17, 15) is 34.8 Å². The molecule has 1 aromatic rings. The van der Waals surface area contributed by atoms with Crippen molar-refractivity contribution in [1.29, 1.82) is 0 Å². The van der Waals surface area contributed by atoms with Crippen LogP contribution < -0.4 is 16.0 Å². The van der Waals surface area contributed by atoms with Gasteiger partial charge in [0.25, 0.3) is 5.91 Å². The van der Waals surface area contributed by atoms with Crippen LogP contribution in [0.3, 0.4) is 0 Å². The van der Waals surface area contributed by atoms with Crippen molar-refractivity contribution in [2.45, 2.75) is 69.9 Å². The first-order chi connectivity index (χ1) is 19.0. The van der Waals surface area contributed by atoms with Crippen LogP contribution >= 0.6 is 0 Å². The summed E-state index contributed by atoms with van der Waals surface area (Å²) < 4.78 is 0. The summed E-state index contributed by atoms with van der Waals surface area (Å²) >= 11 is 0. The Morgan fingerprint density at radius 1 is 1.12 bits per heavy atom. The van der Waals surface area contributed by atoms with Crippen molar-refractivity contribution >= 4 is 28.9 Å². The summed E-state index contributed by atoms with van der Waals surface area (Å²) in [6.07, 6.45) is 7.63. The Labute approximate surface area is 233 Å². The van der Waals surface area contributed by atoms with E-state index in [0.29, 0.717) is 12.1 Å². The van der Waals surface area contributed by atoms with Crippen LogP contribution in [0.25, 0.3) is 5.76 Å². The quantitative estimate of drug-likeness (QED) is 0.219. The molecule has 0 aromatic heterocycles. The van der Waals surface area contributed by atoms with Crippen LogP contribution in [0.2, 0.25) is 0 Å². The molecule has 0 aliphatic heterocycles. The van der Waals surface area contributed by atoms with Crippen molar-refractivity contribution in [1.82, 2.24) is 5.32 Å². The van der Waals surface area contributed by atoms with Crippen LogP contribution in [-0.2, 0) is 27.3 Å². The molecule has 216 valence electrons. The Kier molecular flexibility index (Phi) is 7.43. The molecule has 5 rings (SSSR count). The van der Waals surface area contributed by atoms with Crippen molar-refractivity contribution in [2.75, 3.05) is 25.5 Å². The Bertz CT molecular complexity index is 1320. The van der Waals surface area contributed by atoms with E-state index in [1.54, 1.807) is 6.07 Å². The number of hydrogen-bond donors (Lipinski definition) is 6. The number of aliphatic hydroxyl groups is 3. The van der Waals surface area contributed by atoms with Gasteiger partial charge < -0.3 is 36.4 Å². The lowest BCUT2D eigenvalue weighted by atomic mass is 9.59. The molecule has 2 saturated carbocycles. The number of carbonyl (C=O) groups excluding carboxylic acids is 3. The number of phenolic OH excluding ortho intramolecular Hbond substituents is 1. The minimum Gasteiger partial charge on any atom is -0.508 e. The standard InChI is InChI=1S/C30H39N3O7/c1-33(2)25-17(14-32-9-8-15-6-4-3-5-7-15)12-20(34)23-19(25)11-16-10-18-13-21(35)24(29(31)39)28(38)30(18,40)27(37)22(16)26(23)36/h12,15-16,18,32,34,36,38,40H,3-11,13-14H2,1-2H3,(H2,31,39)/t16?,18-,30-/m0/s1. The molecule has 1 aromatic carbocycles. The average molecular weight is 554 g/mol. The predicted octanol–water partition coefficient (Wildman–Crippen LogP) is 2.55. The van der Waals surface area contributed by atoms with Gasteiger partial charge in [-0.05, 0) is 54.8 Å². The third-order valence-electron chi connectivity index (χ3n) is 9.33. The Morgan fingerprint density at radius 3 is 2.48 bits per heavy atom. The van der Waals surface area contributed by atoms with Gasteiger partial charge in [0.2, 0.25) is 5.78 Å². The van der Waals surface area contributed by atoms with Gasteiger partial charge in [0.1, 0.15) is 22.8 Å². The maximum Gasteiger partial charge on any atom is 0.255 e. The van der Waals surface area contributed by atoms with E-state index in [1.165, 1.54) is 32.1 Å². The van der Waals surface area contributed by atoms with Crippen molar-refractivity contribution in [3.05, 3.63) is 39.7 Å². The molecular weight excluding hydrogens is 514 g/mol. The molecule has 0 bridgehead atoms. The highest BCUT2D eigenvalue weighted by molar-refractivity contribution is 6.22. The minimum absolute atomic E-state index is 0.112. The molecular formula is C30H39N3O7. The number of ketones is 2.